The van der Waals surface area contributed by atoms with E-state index in [9.17, 15) is 53.4 Å². The van der Waals surface area contributed by atoms with Crippen LogP contribution in [-0.4, -0.2) is 116 Å². The minimum Gasteiger partial charge on any atom is -0.481 e. The number of nitrogens with one attached hydrogen (secondary N) is 5. The maximum Gasteiger partial charge on any atom is 0.326 e. The molecule has 0 aromatic rings. The zero-order valence-electron chi connectivity index (χ0n) is 28.7. The third-order valence-corrected chi connectivity index (χ3v) is 8.14. The van der Waals surface area contributed by atoms with Gasteiger partial charge in [-0.25, -0.2) is 4.79 Å². The molecule has 1 aliphatic rings. The van der Waals surface area contributed by atoms with Gasteiger partial charge in [-0.3, -0.25) is 38.4 Å². The summed E-state index contributed by atoms with van der Waals surface area (Å²) in [4.78, 5) is 114. The highest BCUT2D eigenvalue weighted by Crippen LogP contribution is 2.21. The molecule has 0 saturated carbocycles. The highest BCUT2D eigenvalue weighted by Gasteiger charge is 2.41. The minimum absolute atomic E-state index is 0.185. The van der Waals surface area contributed by atoms with Gasteiger partial charge in [0.25, 0.3) is 0 Å². The second-order valence-corrected chi connectivity index (χ2v) is 12.5. The molecule has 1 saturated heterocycles. The first-order chi connectivity index (χ1) is 22.8. The van der Waals surface area contributed by atoms with Gasteiger partial charge >= 0.3 is 17.9 Å². The molecular formula is C31H50N6O12. The lowest BCUT2D eigenvalue weighted by atomic mass is 9.95. The summed E-state index contributed by atoms with van der Waals surface area (Å²) in [6.45, 7) is 9.66. The van der Waals surface area contributed by atoms with Gasteiger partial charge in [0.05, 0.1) is 12.8 Å². The van der Waals surface area contributed by atoms with E-state index >= 15 is 0 Å². The van der Waals surface area contributed by atoms with Gasteiger partial charge in [-0.15, -0.1) is 0 Å². The fraction of sp³-hybridized carbons (Fsp3) is 0.710. The Morgan fingerprint density at radius 3 is 1.71 bits per heavy atom. The largest absolute Gasteiger partial charge is 0.481 e. The highest BCUT2D eigenvalue weighted by atomic mass is 16.4. The van der Waals surface area contributed by atoms with Gasteiger partial charge < -0.3 is 46.8 Å². The molecule has 1 heterocycles. The second-order valence-electron chi connectivity index (χ2n) is 12.5. The molecule has 0 aromatic carbocycles. The average Bonchev–Trinajstić information content (AvgIpc) is 3.50. The SMILES string of the molecule is CCC[C@H](NC(=O)[C@@H]1CCCN1C(=O)[C@@H](NC(=O)[C@@H](NC(=O)[C@@H](CC(=O)O)NC(=O)[C@H](CC(=O)O)NC(C)=O)[C@@H](C)CC)C(C)C)C(=O)O. The van der Waals surface area contributed by atoms with Crippen molar-refractivity contribution in [1.29, 1.82) is 0 Å². The van der Waals surface area contributed by atoms with E-state index in [2.05, 4.69) is 26.6 Å². The van der Waals surface area contributed by atoms with Crippen molar-refractivity contribution in [2.75, 3.05) is 6.54 Å². The topological polar surface area (TPSA) is 278 Å². The summed E-state index contributed by atoms with van der Waals surface area (Å²) in [5.74, 6) is -10.2. The predicted molar refractivity (Wildman–Crippen MR) is 171 cm³/mol. The summed E-state index contributed by atoms with van der Waals surface area (Å²) in [5.41, 5.74) is 0. The van der Waals surface area contributed by atoms with Crippen LogP contribution < -0.4 is 26.6 Å². The second kappa shape index (κ2) is 19.9. The van der Waals surface area contributed by atoms with Crippen molar-refractivity contribution in [1.82, 2.24) is 31.5 Å². The van der Waals surface area contributed by atoms with E-state index in [1.807, 2.05) is 0 Å². The zero-order valence-corrected chi connectivity index (χ0v) is 28.7. The Morgan fingerprint density at radius 1 is 0.714 bits per heavy atom. The number of likely N-dealkylation sites (tertiary alicyclic amines) is 1. The Balaban J connectivity index is 3.23. The van der Waals surface area contributed by atoms with Crippen molar-refractivity contribution in [2.24, 2.45) is 11.8 Å². The van der Waals surface area contributed by atoms with E-state index in [4.69, 9.17) is 5.11 Å². The maximum absolute atomic E-state index is 13.8. The zero-order chi connectivity index (χ0) is 37.6. The molecule has 18 heteroatoms. The summed E-state index contributed by atoms with van der Waals surface area (Å²) in [5, 5.41) is 39.8. The highest BCUT2D eigenvalue weighted by molar-refractivity contribution is 5.98. The van der Waals surface area contributed by atoms with E-state index in [1.165, 1.54) is 4.90 Å². The van der Waals surface area contributed by atoms with Crippen LogP contribution in [0.4, 0.5) is 0 Å². The summed E-state index contributed by atoms with van der Waals surface area (Å²) in [6, 6.07) is -7.98. The molecule has 0 aromatic heterocycles. The number of hydrogen-bond acceptors (Lipinski definition) is 9. The van der Waals surface area contributed by atoms with Crippen molar-refractivity contribution in [3.63, 3.8) is 0 Å². The van der Waals surface area contributed by atoms with Gasteiger partial charge in [0.15, 0.2) is 0 Å². The van der Waals surface area contributed by atoms with Gasteiger partial charge in [0.1, 0.15) is 36.3 Å². The van der Waals surface area contributed by atoms with Crippen LogP contribution in [0, 0.1) is 11.8 Å². The summed E-state index contributed by atoms with van der Waals surface area (Å²) < 4.78 is 0. The number of carbonyl (C=O) groups is 9. The molecule has 0 aliphatic carbocycles. The van der Waals surface area contributed by atoms with Crippen LogP contribution in [0.2, 0.25) is 0 Å². The van der Waals surface area contributed by atoms with E-state index in [-0.39, 0.29) is 19.4 Å². The average molecular weight is 699 g/mol. The van der Waals surface area contributed by atoms with Crippen molar-refractivity contribution < 1.29 is 58.5 Å². The van der Waals surface area contributed by atoms with Crippen LogP contribution in [0.1, 0.15) is 86.5 Å². The lowest BCUT2D eigenvalue weighted by Crippen LogP contribution is -2.61. The number of nitrogens with zero attached hydrogens (tertiary/aromatic N) is 1. The predicted octanol–water partition coefficient (Wildman–Crippen LogP) is -1.04. The first-order valence-corrected chi connectivity index (χ1v) is 16.3. The minimum atomic E-state index is -1.77. The van der Waals surface area contributed by atoms with Gasteiger partial charge in [-0.2, -0.15) is 0 Å². The van der Waals surface area contributed by atoms with Crippen molar-refractivity contribution in [2.45, 2.75) is 123 Å². The van der Waals surface area contributed by atoms with Gasteiger partial charge in [0, 0.05) is 13.5 Å². The Bertz CT molecular complexity index is 1240. The fourth-order valence-electron chi connectivity index (χ4n) is 5.29. The first-order valence-electron chi connectivity index (χ1n) is 16.3. The smallest absolute Gasteiger partial charge is 0.326 e. The molecule has 276 valence electrons. The lowest BCUT2D eigenvalue weighted by molar-refractivity contribution is -0.146. The Labute approximate surface area is 284 Å². The Hall–Kier alpha value is -4.77. The van der Waals surface area contributed by atoms with Crippen molar-refractivity contribution in [3.8, 4) is 0 Å². The number of aliphatic carboxylic acids is 3. The molecule has 18 nitrogen and oxygen atoms in total. The van der Waals surface area contributed by atoms with Crippen LogP contribution in [0.3, 0.4) is 0 Å². The summed E-state index contributed by atoms with van der Waals surface area (Å²) >= 11 is 0. The molecule has 7 atom stereocenters. The number of amides is 6. The monoisotopic (exact) mass is 698 g/mol. The van der Waals surface area contributed by atoms with Gasteiger partial charge in [-0.1, -0.05) is 47.5 Å². The van der Waals surface area contributed by atoms with E-state index in [0.29, 0.717) is 19.3 Å². The number of carboxylic acids is 3. The van der Waals surface area contributed by atoms with Crippen LogP contribution in [0.5, 0.6) is 0 Å². The molecule has 0 spiro atoms. The molecule has 0 radical (unpaired) electrons. The number of hydrogen-bond donors (Lipinski definition) is 8. The van der Waals surface area contributed by atoms with Crippen LogP contribution in [0.25, 0.3) is 0 Å². The van der Waals surface area contributed by atoms with Crippen LogP contribution in [0.15, 0.2) is 0 Å². The molecule has 0 bridgehead atoms. The van der Waals surface area contributed by atoms with Gasteiger partial charge in [0.2, 0.25) is 35.4 Å². The quantitative estimate of drug-likeness (QED) is 0.0757. The molecule has 1 aliphatic heterocycles. The lowest BCUT2D eigenvalue weighted by Gasteiger charge is -2.33. The Morgan fingerprint density at radius 2 is 1.24 bits per heavy atom. The molecular weight excluding hydrogens is 648 g/mol. The normalized spacial score (nSPS) is 17.8. The van der Waals surface area contributed by atoms with E-state index in [0.717, 1.165) is 6.92 Å². The number of rotatable bonds is 20. The van der Waals surface area contributed by atoms with Crippen molar-refractivity contribution in [3.05, 3.63) is 0 Å². The van der Waals surface area contributed by atoms with Crippen LogP contribution in [-0.2, 0) is 43.2 Å². The number of carbonyl (C=O) groups excluding carboxylic acids is 6. The molecule has 1 fully saturated rings. The molecule has 1 rings (SSSR count). The third-order valence-electron chi connectivity index (χ3n) is 8.14. The fourth-order valence-corrected chi connectivity index (χ4v) is 5.29. The standard InChI is InChI=1S/C31H50N6O12/c1-7-10-18(31(48)49)33-28(45)21-11-9-12-37(21)30(47)24(15(3)4)35-29(46)25(16(5)8-2)36-27(44)20(14-23(41)42)34-26(43)19(13-22(39)40)32-17(6)38/h15-16,18-21,24-25H,7-14H2,1-6H3,(H,32,38)(H,33,45)(H,34,43)(H,35,46)(H,36,44)(H,39,40)(H,41,42)(H,48,49)/t16-,18-,19-,20+,21-,24-,25-/m0/s1. The van der Waals surface area contributed by atoms with Crippen LogP contribution >= 0.6 is 0 Å². The molecule has 0 unspecified atom stereocenters. The van der Waals surface area contributed by atoms with E-state index < -0.39 is 114 Å². The third kappa shape index (κ3) is 13.3. The Kier molecular flexibility index (Phi) is 17.2. The first kappa shape index (κ1) is 42.3. The molecule has 8 N–H and O–H groups in total. The maximum atomic E-state index is 13.8. The van der Waals surface area contributed by atoms with Gasteiger partial charge in [-0.05, 0) is 31.1 Å². The summed E-state index contributed by atoms with van der Waals surface area (Å²) in [6.07, 6.45) is -0.00481. The molecule has 49 heavy (non-hydrogen) atoms. The van der Waals surface area contributed by atoms with Crippen molar-refractivity contribution >= 4 is 53.4 Å². The van der Waals surface area contributed by atoms with E-state index in [1.54, 1.807) is 34.6 Å². The number of carboxylic acid groups (broad SMARTS) is 3. The summed E-state index contributed by atoms with van der Waals surface area (Å²) in [7, 11) is 0. The molecule has 6 amide bonds.